The van der Waals surface area contributed by atoms with Gasteiger partial charge < -0.3 is 4.74 Å². The molecule has 0 atom stereocenters. The Bertz CT molecular complexity index is 522. The summed E-state index contributed by atoms with van der Waals surface area (Å²) in [6, 6.07) is 2.39. The second-order valence-corrected chi connectivity index (χ2v) is 3.21. The van der Waals surface area contributed by atoms with Crippen LogP contribution in [0.3, 0.4) is 0 Å². The smallest absolute Gasteiger partial charge is 0.388 e. The van der Waals surface area contributed by atoms with E-state index in [1.165, 1.54) is 6.92 Å². The van der Waals surface area contributed by atoms with Gasteiger partial charge in [0.25, 0.3) is 5.69 Å². The number of nitriles is 1. The number of hydrogen-bond donors (Lipinski definition) is 0. The van der Waals surface area contributed by atoms with Crippen molar-refractivity contribution in [2.45, 2.75) is 19.7 Å². The number of aryl methyl sites for hydroxylation is 1. The Balaban J connectivity index is 3.28. The zero-order valence-corrected chi connectivity index (χ0v) is 8.98. The third-order valence-electron chi connectivity index (χ3n) is 1.88. The number of hydrogen-bond acceptors (Lipinski definition) is 5. The second-order valence-electron chi connectivity index (χ2n) is 3.21. The molecule has 18 heavy (non-hydrogen) atoms. The van der Waals surface area contributed by atoms with Crippen molar-refractivity contribution in [3.63, 3.8) is 0 Å². The maximum absolute atomic E-state index is 12.0. The van der Waals surface area contributed by atoms with Crippen LogP contribution in [0.25, 0.3) is 0 Å². The Hall–Kier alpha value is -2.37. The lowest BCUT2D eigenvalue weighted by molar-refractivity contribution is -0.386. The standard InChI is InChI=1S/C9H6F3N3O3/c1-5-4-7(18-9(10,11)12)14-6(2-3-13)8(5)15(16)17/h4H,2H2,1H3. The van der Waals surface area contributed by atoms with E-state index in [4.69, 9.17) is 5.26 Å². The Morgan fingerprint density at radius 2 is 2.22 bits per heavy atom. The molecule has 0 N–H and O–H groups in total. The summed E-state index contributed by atoms with van der Waals surface area (Å²) in [5, 5.41) is 19.2. The monoisotopic (exact) mass is 261 g/mol. The molecule has 1 aromatic rings. The molecule has 0 aromatic carbocycles. The lowest BCUT2D eigenvalue weighted by Crippen LogP contribution is -2.18. The summed E-state index contributed by atoms with van der Waals surface area (Å²) in [7, 11) is 0. The Kier molecular flexibility index (Phi) is 3.70. The van der Waals surface area contributed by atoms with Crippen molar-refractivity contribution in [2.24, 2.45) is 0 Å². The molecule has 0 aliphatic carbocycles. The van der Waals surface area contributed by atoms with Crippen molar-refractivity contribution in [1.29, 1.82) is 5.26 Å². The molecule has 0 radical (unpaired) electrons. The highest BCUT2D eigenvalue weighted by Gasteiger charge is 2.33. The highest BCUT2D eigenvalue weighted by Crippen LogP contribution is 2.28. The van der Waals surface area contributed by atoms with E-state index < -0.39 is 29.3 Å². The van der Waals surface area contributed by atoms with E-state index in [9.17, 15) is 23.3 Å². The lowest BCUT2D eigenvalue weighted by atomic mass is 10.1. The average molecular weight is 261 g/mol. The van der Waals surface area contributed by atoms with Gasteiger partial charge in [-0.2, -0.15) is 5.26 Å². The average Bonchev–Trinajstić information content (AvgIpc) is 2.13. The normalized spacial score (nSPS) is 10.8. The summed E-state index contributed by atoms with van der Waals surface area (Å²) in [6.45, 7) is 1.24. The molecule has 0 aliphatic heterocycles. The van der Waals surface area contributed by atoms with E-state index in [-0.39, 0.29) is 11.3 Å². The topological polar surface area (TPSA) is 89.0 Å². The fourth-order valence-corrected chi connectivity index (χ4v) is 1.32. The van der Waals surface area contributed by atoms with Crippen LogP contribution in [0.2, 0.25) is 0 Å². The maximum Gasteiger partial charge on any atom is 0.574 e. The van der Waals surface area contributed by atoms with Crippen LogP contribution in [-0.4, -0.2) is 16.3 Å². The number of alkyl halides is 3. The van der Waals surface area contributed by atoms with Crippen molar-refractivity contribution in [3.05, 3.63) is 27.4 Å². The van der Waals surface area contributed by atoms with E-state index >= 15 is 0 Å². The Labute approximate surface area is 98.8 Å². The summed E-state index contributed by atoms with van der Waals surface area (Å²) in [5.74, 6) is -0.823. The van der Waals surface area contributed by atoms with Crippen LogP contribution in [-0.2, 0) is 6.42 Å². The van der Waals surface area contributed by atoms with Crippen molar-refractivity contribution in [2.75, 3.05) is 0 Å². The number of ether oxygens (including phenoxy) is 1. The van der Waals surface area contributed by atoms with Crippen LogP contribution in [0, 0.1) is 28.4 Å². The zero-order valence-electron chi connectivity index (χ0n) is 8.98. The Morgan fingerprint density at radius 3 is 2.67 bits per heavy atom. The van der Waals surface area contributed by atoms with Crippen molar-refractivity contribution < 1.29 is 22.8 Å². The SMILES string of the molecule is Cc1cc(OC(F)(F)F)nc(CC#N)c1[N+](=O)[O-]. The van der Waals surface area contributed by atoms with Crippen LogP contribution in [0.15, 0.2) is 6.07 Å². The van der Waals surface area contributed by atoms with Crippen molar-refractivity contribution >= 4 is 5.69 Å². The minimum Gasteiger partial charge on any atom is -0.388 e. The fourth-order valence-electron chi connectivity index (χ4n) is 1.32. The molecule has 0 saturated heterocycles. The van der Waals surface area contributed by atoms with Crippen molar-refractivity contribution in [1.82, 2.24) is 4.98 Å². The van der Waals surface area contributed by atoms with Crippen LogP contribution < -0.4 is 4.74 Å². The third kappa shape index (κ3) is 3.31. The van der Waals surface area contributed by atoms with Crippen molar-refractivity contribution in [3.8, 4) is 11.9 Å². The molecule has 0 unspecified atom stereocenters. The Morgan fingerprint density at radius 1 is 1.61 bits per heavy atom. The molecule has 1 heterocycles. The number of aromatic nitrogens is 1. The van der Waals surface area contributed by atoms with Crippen LogP contribution >= 0.6 is 0 Å². The summed E-state index contributed by atoms with van der Waals surface area (Å²) in [6.07, 6.45) is -5.42. The second kappa shape index (κ2) is 4.87. The molecule has 0 bridgehead atoms. The van der Waals surface area contributed by atoms with E-state index in [2.05, 4.69) is 9.72 Å². The fraction of sp³-hybridized carbons (Fsp3) is 0.333. The largest absolute Gasteiger partial charge is 0.574 e. The van der Waals surface area contributed by atoms with Gasteiger partial charge in [-0.1, -0.05) is 0 Å². The number of pyridine rings is 1. The number of halogens is 3. The molecule has 0 fully saturated rings. The number of rotatable bonds is 3. The van der Waals surface area contributed by atoms with E-state index in [1.807, 2.05) is 0 Å². The van der Waals surface area contributed by atoms with Gasteiger partial charge in [0.05, 0.1) is 17.4 Å². The first kappa shape index (κ1) is 13.7. The maximum atomic E-state index is 12.0. The summed E-state index contributed by atoms with van der Waals surface area (Å²) < 4.78 is 39.5. The van der Waals surface area contributed by atoms with E-state index in [0.29, 0.717) is 0 Å². The van der Waals surface area contributed by atoms with Gasteiger partial charge >= 0.3 is 6.36 Å². The molecule has 6 nitrogen and oxygen atoms in total. The molecule has 9 heteroatoms. The van der Waals surface area contributed by atoms with Gasteiger partial charge in [0.1, 0.15) is 5.69 Å². The van der Waals surface area contributed by atoms with Gasteiger partial charge in [-0.15, -0.1) is 13.2 Å². The minimum atomic E-state index is -4.94. The molecule has 0 spiro atoms. The van der Waals surface area contributed by atoms with Gasteiger partial charge in [0, 0.05) is 11.6 Å². The molecule has 1 rings (SSSR count). The third-order valence-corrected chi connectivity index (χ3v) is 1.88. The van der Waals surface area contributed by atoms with Crippen LogP contribution in [0.5, 0.6) is 5.88 Å². The van der Waals surface area contributed by atoms with Gasteiger partial charge in [0.2, 0.25) is 5.88 Å². The van der Waals surface area contributed by atoms with Gasteiger partial charge in [-0.05, 0) is 6.92 Å². The first-order valence-corrected chi connectivity index (χ1v) is 4.52. The number of nitro groups is 1. The molecule has 0 saturated carbocycles. The molecular weight excluding hydrogens is 255 g/mol. The predicted octanol–water partition coefficient (Wildman–Crippen LogP) is 2.26. The van der Waals surface area contributed by atoms with Gasteiger partial charge in [-0.25, -0.2) is 4.98 Å². The number of nitrogens with zero attached hydrogens (tertiary/aromatic N) is 3. The first-order chi connectivity index (χ1) is 8.24. The lowest BCUT2D eigenvalue weighted by Gasteiger charge is -2.10. The van der Waals surface area contributed by atoms with Crippen LogP contribution in [0.4, 0.5) is 18.9 Å². The quantitative estimate of drug-likeness (QED) is 0.615. The van der Waals surface area contributed by atoms with E-state index in [1.54, 1.807) is 6.07 Å². The highest BCUT2D eigenvalue weighted by molar-refractivity contribution is 5.47. The molecule has 0 amide bonds. The molecule has 0 aliphatic rings. The van der Waals surface area contributed by atoms with Gasteiger partial charge in [0.15, 0.2) is 0 Å². The minimum absolute atomic E-state index is 0.0560. The zero-order chi connectivity index (χ0) is 13.9. The molecule has 1 aromatic heterocycles. The first-order valence-electron chi connectivity index (χ1n) is 4.52. The summed E-state index contributed by atoms with van der Waals surface area (Å²) >= 11 is 0. The highest BCUT2D eigenvalue weighted by atomic mass is 19.4. The summed E-state index contributed by atoms with van der Waals surface area (Å²) in [4.78, 5) is 13.2. The van der Waals surface area contributed by atoms with Crippen LogP contribution in [0.1, 0.15) is 11.3 Å². The predicted molar refractivity (Wildman–Crippen MR) is 51.6 cm³/mol. The summed E-state index contributed by atoms with van der Waals surface area (Å²) in [5.41, 5.74) is -0.896. The van der Waals surface area contributed by atoms with E-state index in [0.717, 1.165) is 6.07 Å². The molecule has 96 valence electrons. The van der Waals surface area contributed by atoms with Gasteiger partial charge in [-0.3, -0.25) is 10.1 Å². The molecular formula is C9H6F3N3O3.